The van der Waals surface area contributed by atoms with Crippen LogP contribution in [0, 0.1) is 0 Å². The number of benzene rings is 2. The van der Waals surface area contributed by atoms with E-state index in [0.717, 1.165) is 33.6 Å². The third-order valence-electron chi connectivity index (χ3n) is 3.90. The van der Waals surface area contributed by atoms with Crippen LogP contribution in [-0.2, 0) is 0 Å². The molecule has 1 aromatic heterocycles. The lowest BCUT2D eigenvalue weighted by atomic mass is 10.1. The van der Waals surface area contributed by atoms with Crippen LogP contribution in [0.1, 0.15) is 12.5 Å². The first-order chi connectivity index (χ1) is 11.6. The second-order valence-electron chi connectivity index (χ2n) is 5.50. The topological polar surface area (TPSA) is 40.5 Å². The minimum absolute atomic E-state index is 0.685. The van der Waals surface area contributed by atoms with Crippen LogP contribution in [-0.4, -0.2) is 24.8 Å². The Labute approximate surface area is 146 Å². The third kappa shape index (κ3) is 3.19. The van der Waals surface area contributed by atoms with E-state index in [-0.39, 0.29) is 0 Å². The second-order valence-corrected chi connectivity index (χ2v) is 5.94. The highest BCUT2D eigenvalue weighted by atomic mass is 35.5. The predicted molar refractivity (Wildman–Crippen MR) is 103 cm³/mol. The Morgan fingerprint density at radius 3 is 2.75 bits per heavy atom. The van der Waals surface area contributed by atoms with Crippen LogP contribution in [0.5, 0.6) is 0 Å². The molecule has 0 spiro atoms. The van der Waals surface area contributed by atoms with E-state index in [9.17, 15) is 0 Å². The zero-order chi connectivity index (χ0) is 17.1. The lowest BCUT2D eigenvalue weighted by Gasteiger charge is -2.17. The van der Waals surface area contributed by atoms with E-state index in [4.69, 9.17) is 16.7 Å². The third-order valence-corrected chi connectivity index (χ3v) is 4.13. The first-order valence-electron chi connectivity index (χ1n) is 7.70. The van der Waals surface area contributed by atoms with Gasteiger partial charge < -0.3 is 5.32 Å². The molecule has 0 saturated heterocycles. The van der Waals surface area contributed by atoms with Crippen molar-refractivity contribution in [2.45, 2.75) is 6.92 Å². The van der Waals surface area contributed by atoms with Gasteiger partial charge in [-0.15, -0.1) is 0 Å². The van der Waals surface area contributed by atoms with Crippen molar-refractivity contribution in [3.8, 4) is 0 Å². The Hall–Kier alpha value is -2.59. The van der Waals surface area contributed by atoms with Crippen molar-refractivity contribution in [1.29, 1.82) is 0 Å². The molecular weight excluding hydrogens is 320 g/mol. The van der Waals surface area contributed by atoms with Crippen molar-refractivity contribution in [2.24, 2.45) is 5.10 Å². The maximum Gasteiger partial charge on any atom is 0.156 e. The number of nitrogens with one attached hydrogen (secondary N) is 1. The lowest BCUT2D eigenvalue weighted by molar-refractivity contribution is 0.985. The molecule has 0 atom stereocenters. The first-order valence-corrected chi connectivity index (χ1v) is 8.08. The lowest BCUT2D eigenvalue weighted by Crippen LogP contribution is -2.14. The highest BCUT2D eigenvalue weighted by Gasteiger charge is 2.10. The van der Waals surface area contributed by atoms with Crippen LogP contribution in [0.25, 0.3) is 10.8 Å². The van der Waals surface area contributed by atoms with Crippen molar-refractivity contribution in [3.63, 3.8) is 0 Å². The summed E-state index contributed by atoms with van der Waals surface area (Å²) in [4.78, 5) is 4.49. The van der Waals surface area contributed by atoms with Gasteiger partial charge in [0.2, 0.25) is 0 Å². The van der Waals surface area contributed by atoms with Gasteiger partial charge >= 0.3 is 0 Å². The van der Waals surface area contributed by atoms with E-state index in [1.54, 1.807) is 11.2 Å². The molecule has 0 radical (unpaired) electrons. The number of halogens is 1. The SMILES string of the molecule is CNc1ccc(Cl)cc1/C(C)=N\N(C)c1nccc2ccccc12. The summed E-state index contributed by atoms with van der Waals surface area (Å²) in [6.07, 6.45) is 1.80. The van der Waals surface area contributed by atoms with Crippen LogP contribution in [0.4, 0.5) is 11.5 Å². The molecule has 1 N–H and O–H groups in total. The molecule has 1 heterocycles. The Morgan fingerprint density at radius 1 is 1.17 bits per heavy atom. The number of hydrazone groups is 1. The van der Waals surface area contributed by atoms with Crippen LogP contribution < -0.4 is 10.3 Å². The van der Waals surface area contributed by atoms with Gasteiger partial charge in [0.1, 0.15) is 0 Å². The number of aromatic nitrogens is 1. The number of pyridine rings is 1. The standard InChI is InChI=1S/C19H19ClN4/c1-13(17-12-15(20)8-9-18(17)21-2)23-24(3)19-16-7-5-4-6-14(16)10-11-22-19/h4-12,21H,1-3H3/b23-13-. The van der Waals surface area contributed by atoms with Gasteiger partial charge in [-0.25, -0.2) is 4.98 Å². The molecule has 0 amide bonds. The minimum Gasteiger partial charge on any atom is -0.388 e. The number of fused-ring (bicyclic) bond motifs is 1. The molecule has 122 valence electrons. The quantitative estimate of drug-likeness (QED) is 0.549. The maximum atomic E-state index is 6.14. The Kier molecular flexibility index (Phi) is 4.67. The molecule has 0 fully saturated rings. The molecule has 0 aliphatic carbocycles. The summed E-state index contributed by atoms with van der Waals surface area (Å²) in [5.41, 5.74) is 2.82. The van der Waals surface area contributed by atoms with Crippen LogP contribution in [0.3, 0.4) is 0 Å². The summed E-state index contributed by atoms with van der Waals surface area (Å²) in [5, 5.41) is 12.6. The smallest absolute Gasteiger partial charge is 0.156 e. The molecule has 0 bridgehead atoms. The van der Waals surface area contributed by atoms with E-state index in [0.29, 0.717) is 5.02 Å². The molecule has 4 nitrogen and oxygen atoms in total. The number of anilines is 2. The average molecular weight is 339 g/mol. The van der Waals surface area contributed by atoms with Crippen molar-refractivity contribution < 1.29 is 0 Å². The average Bonchev–Trinajstić information content (AvgIpc) is 2.61. The van der Waals surface area contributed by atoms with Gasteiger partial charge in [-0.1, -0.05) is 35.9 Å². The number of nitrogens with zero attached hydrogens (tertiary/aromatic N) is 3. The van der Waals surface area contributed by atoms with Crippen molar-refractivity contribution >= 4 is 39.6 Å². The highest BCUT2D eigenvalue weighted by molar-refractivity contribution is 6.31. The van der Waals surface area contributed by atoms with Gasteiger partial charge in [0, 0.05) is 42.0 Å². The monoisotopic (exact) mass is 338 g/mol. The number of hydrogen-bond donors (Lipinski definition) is 1. The predicted octanol–water partition coefficient (Wildman–Crippen LogP) is 4.79. The summed E-state index contributed by atoms with van der Waals surface area (Å²) in [7, 11) is 3.79. The summed E-state index contributed by atoms with van der Waals surface area (Å²) in [6, 6.07) is 15.9. The maximum absolute atomic E-state index is 6.14. The summed E-state index contributed by atoms with van der Waals surface area (Å²) < 4.78 is 0. The van der Waals surface area contributed by atoms with E-state index in [1.165, 1.54) is 0 Å². The van der Waals surface area contributed by atoms with E-state index in [1.807, 2.05) is 57.4 Å². The van der Waals surface area contributed by atoms with E-state index >= 15 is 0 Å². The largest absolute Gasteiger partial charge is 0.388 e. The molecule has 3 rings (SSSR count). The van der Waals surface area contributed by atoms with Gasteiger partial charge in [-0.3, -0.25) is 5.01 Å². The van der Waals surface area contributed by atoms with Gasteiger partial charge in [0.05, 0.1) is 5.71 Å². The van der Waals surface area contributed by atoms with Crippen molar-refractivity contribution in [1.82, 2.24) is 4.98 Å². The van der Waals surface area contributed by atoms with Crippen LogP contribution >= 0.6 is 11.6 Å². The zero-order valence-electron chi connectivity index (χ0n) is 13.9. The van der Waals surface area contributed by atoms with Crippen LogP contribution in [0.2, 0.25) is 5.02 Å². The molecule has 24 heavy (non-hydrogen) atoms. The van der Waals surface area contributed by atoms with Gasteiger partial charge in [-0.2, -0.15) is 5.10 Å². The fraction of sp³-hybridized carbons (Fsp3) is 0.158. The minimum atomic E-state index is 0.685. The first kappa shape index (κ1) is 16.3. The summed E-state index contributed by atoms with van der Waals surface area (Å²) in [5.74, 6) is 0.820. The number of hydrogen-bond acceptors (Lipinski definition) is 4. The summed E-state index contributed by atoms with van der Waals surface area (Å²) in [6.45, 7) is 1.97. The Morgan fingerprint density at radius 2 is 1.96 bits per heavy atom. The highest BCUT2D eigenvalue weighted by Crippen LogP contribution is 2.25. The fourth-order valence-electron chi connectivity index (χ4n) is 2.72. The summed E-state index contributed by atoms with van der Waals surface area (Å²) >= 11 is 6.14. The van der Waals surface area contributed by atoms with E-state index in [2.05, 4.69) is 22.4 Å². The van der Waals surface area contributed by atoms with Crippen molar-refractivity contribution in [3.05, 3.63) is 65.3 Å². The molecule has 0 saturated carbocycles. The molecule has 0 aliphatic heterocycles. The Bertz CT molecular complexity index is 900. The molecular formula is C19H19ClN4. The molecule has 3 aromatic rings. The molecule has 5 heteroatoms. The van der Waals surface area contributed by atoms with Crippen molar-refractivity contribution in [2.75, 3.05) is 24.4 Å². The van der Waals surface area contributed by atoms with Gasteiger partial charge in [-0.05, 0) is 36.6 Å². The van der Waals surface area contributed by atoms with E-state index < -0.39 is 0 Å². The van der Waals surface area contributed by atoms with Gasteiger partial charge in [0.25, 0.3) is 0 Å². The normalized spacial score (nSPS) is 11.6. The molecule has 2 aromatic carbocycles. The number of rotatable bonds is 4. The zero-order valence-corrected chi connectivity index (χ0v) is 14.7. The van der Waals surface area contributed by atoms with Gasteiger partial charge in [0.15, 0.2) is 5.82 Å². The van der Waals surface area contributed by atoms with Crippen LogP contribution in [0.15, 0.2) is 59.8 Å². The molecule has 0 aliphatic rings. The second kappa shape index (κ2) is 6.89. The fourth-order valence-corrected chi connectivity index (χ4v) is 2.89. The molecule has 0 unspecified atom stereocenters. The Balaban J connectivity index is 2.02.